The lowest BCUT2D eigenvalue weighted by atomic mass is 9.89. The number of aliphatic hydroxyl groups excluding tert-OH is 3. The van der Waals surface area contributed by atoms with Crippen LogP contribution in [0.15, 0.2) is 48.6 Å². The molecule has 0 heterocycles. The molecule has 2 rings (SSSR count). The number of alkyl halides is 3. The third-order valence-corrected chi connectivity index (χ3v) is 5.75. The smallest absolute Gasteiger partial charge is 0.416 e. The van der Waals surface area contributed by atoms with E-state index in [4.69, 9.17) is 9.47 Å². The van der Waals surface area contributed by atoms with Gasteiger partial charge in [-0.05, 0) is 57.2 Å². The first-order valence-corrected chi connectivity index (χ1v) is 11.8. The molecule has 9 heteroatoms. The van der Waals surface area contributed by atoms with Crippen LogP contribution >= 0.6 is 0 Å². The number of carbonyl (C=O) groups is 1. The molecule has 1 fully saturated rings. The van der Waals surface area contributed by atoms with E-state index < -0.39 is 30.1 Å². The molecule has 196 valence electrons. The van der Waals surface area contributed by atoms with E-state index in [9.17, 15) is 33.3 Å². The molecule has 0 unspecified atom stereocenters. The monoisotopic (exact) mass is 500 g/mol. The summed E-state index contributed by atoms with van der Waals surface area (Å²) in [4.78, 5) is 11.5. The predicted octanol–water partition coefficient (Wildman–Crippen LogP) is 4.43. The maximum Gasteiger partial charge on any atom is 0.416 e. The molecule has 0 spiro atoms. The molecule has 0 bridgehead atoms. The molecule has 0 radical (unpaired) electrons. The van der Waals surface area contributed by atoms with E-state index in [1.807, 2.05) is 12.2 Å². The van der Waals surface area contributed by atoms with Crippen LogP contribution in [0, 0.1) is 11.8 Å². The predicted molar refractivity (Wildman–Crippen MR) is 125 cm³/mol. The van der Waals surface area contributed by atoms with E-state index in [2.05, 4.69) is 0 Å². The van der Waals surface area contributed by atoms with Crippen molar-refractivity contribution >= 4 is 5.97 Å². The highest BCUT2D eigenvalue weighted by Gasteiger charge is 2.39. The van der Waals surface area contributed by atoms with Gasteiger partial charge in [-0.25, -0.2) is 0 Å². The van der Waals surface area contributed by atoms with Crippen molar-refractivity contribution in [3.8, 4) is 5.75 Å². The number of benzene rings is 1. The van der Waals surface area contributed by atoms with Gasteiger partial charge in [0.15, 0.2) is 0 Å². The van der Waals surface area contributed by atoms with Crippen LogP contribution in [0.2, 0.25) is 0 Å². The molecule has 0 aliphatic heterocycles. The van der Waals surface area contributed by atoms with E-state index in [0.29, 0.717) is 25.7 Å². The summed E-state index contributed by atoms with van der Waals surface area (Å²) < 4.78 is 48.8. The third-order valence-electron chi connectivity index (χ3n) is 5.75. The highest BCUT2D eigenvalue weighted by Crippen LogP contribution is 2.36. The Morgan fingerprint density at radius 3 is 2.63 bits per heavy atom. The summed E-state index contributed by atoms with van der Waals surface area (Å²) in [7, 11) is 0. The Bertz CT molecular complexity index is 852. The number of carbonyl (C=O) groups excluding carboxylic acids is 1. The van der Waals surface area contributed by atoms with Gasteiger partial charge in [-0.3, -0.25) is 4.79 Å². The van der Waals surface area contributed by atoms with Crippen molar-refractivity contribution in [1.82, 2.24) is 0 Å². The molecule has 3 N–H and O–H groups in total. The summed E-state index contributed by atoms with van der Waals surface area (Å²) >= 11 is 0. The second kappa shape index (κ2) is 13.7. The maximum atomic E-state index is 12.8. The van der Waals surface area contributed by atoms with E-state index in [0.717, 1.165) is 12.1 Å². The fourth-order valence-electron chi connectivity index (χ4n) is 4.02. The fraction of sp³-hybridized carbons (Fsp3) is 0.577. The quantitative estimate of drug-likeness (QED) is 0.223. The Hall–Kier alpha value is -2.36. The zero-order valence-corrected chi connectivity index (χ0v) is 20.0. The summed E-state index contributed by atoms with van der Waals surface area (Å²) in [6, 6.07) is 4.40. The molecule has 1 aromatic carbocycles. The van der Waals surface area contributed by atoms with Gasteiger partial charge in [0.2, 0.25) is 0 Å². The van der Waals surface area contributed by atoms with Crippen molar-refractivity contribution in [3.05, 3.63) is 54.1 Å². The Morgan fingerprint density at radius 1 is 1.20 bits per heavy atom. The minimum atomic E-state index is -4.49. The zero-order valence-electron chi connectivity index (χ0n) is 20.0. The third kappa shape index (κ3) is 10.0. The summed E-state index contributed by atoms with van der Waals surface area (Å²) in [5.41, 5.74) is -0.838. The Morgan fingerprint density at radius 2 is 1.94 bits per heavy atom. The molecule has 5 atom stereocenters. The largest absolute Gasteiger partial charge is 0.491 e. The molecule has 0 saturated heterocycles. The first-order valence-electron chi connectivity index (χ1n) is 11.8. The molecule has 1 aromatic rings. The van der Waals surface area contributed by atoms with Crippen LogP contribution < -0.4 is 4.74 Å². The van der Waals surface area contributed by atoms with Crippen molar-refractivity contribution in [1.29, 1.82) is 0 Å². The standard InChI is InChI=1S/C26H35F3O6/c1-17(2)35-25(33)11-6-4-3-5-10-21-22(24(32)15-23(21)31)13-12-19(30)16-34-20-9-7-8-18(14-20)26(27,28)29/h3,5,7-9,12-14,17,19,21-24,30-32H,4,6,10-11,15-16H2,1-2H3/b5-3-,13-12-/t19-,21-,22-,23+,24-/m1/s1. The van der Waals surface area contributed by atoms with Crippen LogP contribution in [0.5, 0.6) is 5.75 Å². The molecule has 0 amide bonds. The van der Waals surface area contributed by atoms with Crippen molar-refractivity contribution in [3.63, 3.8) is 0 Å². The molecule has 1 aliphatic carbocycles. The average Bonchev–Trinajstić information content (AvgIpc) is 3.04. The first kappa shape index (κ1) is 28.9. The maximum absolute atomic E-state index is 12.8. The minimum absolute atomic E-state index is 0.0101. The number of allylic oxidation sites excluding steroid dienone is 2. The highest BCUT2D eigenvalue weighted by atomic mass is 19.4. The molecule has 0 aromatic heterocycles. The Kier molecular flexibility index (Phi) is 11.3. The van der Waals surface area contributed by atoms with Crippen LogP contribution in [0.1, 0.15) is 51.5 Å². The molecule has 1 saturated carbocycles. The molecule has 35 heavy (non-hydrogen) atoms. The zero-order chi connectivity index (χ0) is 26.0. The summed E-state index contributed by atoms with van der Waals surface area (Å²) in [5.74, 6) is -0.883. The number of hydrogen-bond acceptors (Lipinski definition) is 6. The average molecular weight is 501 g/mol. The fourth-order valence-corrected chi connectivity index (χ4v) is 4.02. The Balaban J connectivity index is 1.82. The van der Waals surface area contributed by atoms with Crippen LogP contribution in [0.4, 0.5) is 13.2 Å². The molecule has 6 nitrogen and oxygen atoms in total. The van der Waals surface area contributed by atoms with Gasteiger partial charge in [-0.1, -0.05) is 30.4 Å². The number of aliphatic hydroxyl groups is 3. The van der Waals surface area contributed by atoms with Crippen LogP contribution in [-0.4, -0.2) is 52.3 Å². The number of unbranched alkanes of at least 4 members (excludes halogenated alkanes) is 1. The van der Waals surface area contributed by atoms with E-state index >= 15 is 0 Å². The minimum Gasteiger partial charge on any atom is -0.491 e. The normalized spacial score (nSPS) is 23.9. The van der Waals surface area contributed by atoms with Crippen molar-refractivity contribution in [2.24, 2.45) is 11.8 Å². The number of halogens is 3. The van der Waals surface area contributed by atoms with Gasteiger partial charge in [0.05, 0.1) is 23.9 Å². The van der Waals surface area contributed by atoms with Crippen LogP contribution in [0.3, 0.4) is 0 Å². The van der Waals surface area contributed by atoms with Gasteiger partial charge in [0.25, 0.3) is 0 Å². The second-order valence-electron chi connectivity index (χ2n) is 9.04. The summed E-state index contributed by atoms with van der Waals surface area (Å²) in [6.07, 6.45) is 2.09. The Labute approximate surface area is 204 Å². The van der Waals surface area contributed by atoms with Crippen molar-refractivity contribution in [2.45, 2.75) is 76.5 Å². The van der Waals surface area contributed by atoms with Gasteiger partial charge in [0.1, 0.15) is 18.5 Å². The van der Waals surface area contributed by atoms with Crippen molar-refractivity contribution in [2.75, 3.05) is 6.61 Å². The van der Waals surface area contributed by atoms with Gasteiger partial charge in [-0.2, -0.15) is 13.2 Å². The lowest BCUT2D eigenvalue weighted by Crippen LogP contribution is -2.21. The molecule has 1 aliphatic rings. The highest BCUT2D eigenvalue weighted by molar-refractivity contribution is 5.69. The van der Waals surface area contributed by atoms with Gasteiger partial charge >= 0.3 is 12.1 Å². The van der Waals surface area contributed by atoms with Crippen LogP contribution in [0.25, 0.3) is 0 Å². The van der Waals surface area contributed by atoms with E-state index in [1.54, 1.807) is 19.9 Å². The molecular formula is C26H35F3O6. The van der Waals surface area contributed by atoms with Crippen LogP contribution in [-0.2, 0) is 15.7 Å². The lowest BCUT2D eigenvalue weighted by molar-refractivity contribution is -0.147. The summed E-state index contributed by atoms with van der Waals surface area (Å²) in [5, 5.41) is 30.8. The van der Waals surface area contributed by atoms with Gasteiger partial charge < -0.3 is 24.8 Å². The topological polar surface area (TPSA) is 96.2 Å². The summed E-state index contributed by atoms with van der Waals surface area (Å²) in [6.45, 7) is 3.34. The second-order valence-corrected chi connectivity index (χ2v) is 9.04. The van der Waals surface area contributed by atoms with Gasteiger partial charge in [0, 0.05) is 18.8 Å². The van der Waals surface area contributed by atoms with E-state index in [-0.39, 0.29) is 42.7 Å². The lowest BCUT2D eigenvalue weighted by Gasteiger charge is -2.19. The number of hydrogen-bond donors (Lipinski definition) is 3. The number of esters is 1. The van der Waals surface area contributed by atoms with E-state index in [1.165, 1.54) is 18.2 Å². The first-order chi connectivity index (χ1) is 16.5. The van der Waals surface area contributed by atoms with Crippen molar-refractivity contribution < 1.29 is 42.8 Å². The SMILES string of the molecule is CC(C)OC(=O)CCC/C=C\C[C@@H]1[C@@H](/C=C\[C@@H](O)COc2cccc(C(F)(F)F)c2)[C@H](O)C[C@@H]1O. The molecular weight excluding hydrogens is 465 g/mol. The number of rotatable bonds is 12. The van der Waals surface area contributed by atoms with Gasteiger partial charge in [-0.15, -0.1) is 0 Å². The number of ether oxygens (including phenoxy) is 2.